The molecule has 0 aliphatic heterocycles. The van der Waals surface area contributed by atoms with Crippen LogP contribution in [0.2, 0.25) is 5.02 Å². The minimum absolute atomic E-state index is 0.192. The van der Waals surface area contributed by atoms with Crippen molar-refractivity contribution in [2.45, 2.75) is 24.0 Å². The fourth-order valence-corrected chi connectivity index (χ4v) is 3.80. The molecule has 0 bridgehead atoms. The minimum Gasteiger partial charge on any atom is -0.321 e. The van der Waals surface area contributed by atoms with Crippen LogP contribution in [0.4, 0.5) is 5.69 Å². The number of hydrogen-bond donors (Lipinski definition) is 1. The van der Waals surface area contributed by atoms with Gasteiger partial charge in [-0.15, -0.1) is 11.8 Å². The Hall–Kier alpha value is -2.56. The fourth-order valence-electron chi connectivity index (χ4n) is 2.74. The van der Waals surface area contributed by atoms with E-state index in [2.05, 4.69) is 19.2 Å². The summed E-state index contributed by atoms with van der Waals surface area (Å²) >= 11 is 7.80. The van der Waals surface area contributed by atoms with E-state index in [0.717, 1.165) is 4.90 Å². The maximum atomic E-state index is 12.9. The average Bonchev–Trinajstić information content (AvgIpc) is 2.69. The molecule has 0 aliphatic carbocycles. The van der Waals surface area contributed by atoms with Crippen molar-refractivity contribution in [2.24, 2.45) is 0 Å². The Morgan fingerprint density at radius 2 is 1.61 bits per heavy atom. The molecule has 3 aromatic carbocycles. The molecule has 3 rings (SSSR count). The van der Waals surface area contributed by atoms with Gasteiger partial charge in [0.15, 0.2) is 5.78 Å². The van der Waals surface area contributed by atoms with Crippen LogP contribution in [0.5, 0.6) is 0 Å². The topological polar surface area (TPSA) is 46.2 Å². The van der Waals surface area contributed by atoms with Crippen LogP contribution in [0.15, 0.2) is 77.7 Å². The third-order valence-corrected chi connectivity index (χ3v) is 5.21. The monoisotopic (exact) mass is 409 g/mol. The van der Waals surface area contributed by atoms with E-state index in [1.54, 1.807) is 60.3 Å². The Kier molecular flexibility index (Phi) is 6.55. The number of thioether (sulfide) groups is 1. The number of halogens is 1. The number of ketones is 1. The third-order valence-electron chi connectivity index (χ3n) is 3.98. The van der Waals surface area contributed by atoms with Crippen LogP contribution >= 0.6 is 23.4 Å². The normalized spacial score (nSPS) is 10.7. The standard InChI is InChI=1S/C23H20ClNO2S/c1-15(2)28-19-10-6-9-17(13-19)23(27)25-21-12-11-18(24)14-20(21)22(26)16-7-4-3-5-8-16/h3-15H,1-2H3,(H,25,27). The molecule has 0 aliphatic rings. The highest BCUT2D eigenvalue weighted by Crippen LogP contribution is 2.26. The van der Waals surface area contributed by atoms with Crippen LogP contribution in [0, 0.1) is 0 Å². The first kappa shape index (κ1) is 20.2. The summed E-state index contributed by atoms with van der Waals surface area (Å²) in [7, 11) is 0. The first-order valence-corrected chi connectivity index (χ1v) is 10.2. The van der Waals surface area contributed by atoms with E-state index >= 15 is 0 Å². The zero-order valence-electron chi connectivity index (χ0n) is 15.6. The number of rotatable bonds is 6. The molecule has 0 saturated heterocycles. The van der Waals surface area contributed by atoms with Crippen LogP contribution < -0.4 is 5.32 Å². The van der Waals surface area contributed by atoms with Gasteiger partial charge in [-0.25, -0.2) is 0 Å². The van der Waals surface area contributed by atoms with E-state index in [1.807, 2.05) is 24.3 Å². The third kappa shape index (κ3) is 5.03. The molecule has 0 aromatic heterocycles. The Bertz CT molecular complexity index is 1000. The molecule has 3 nitrogen and oxygen atoms in total. The van der Waals surface area contributed by atoms with E-state index in [4.69, 9.17) is 11.6 Å². The summed E-state index contributed by atoms with van der Waals surface area (Å²) in [4.78, 5) is 26.7. The van der Waals surface area contributed by atoms with Crippen molar-refractivity contribution in [2.75, 3.05) is 5.32 Å². The highest BCUT2D eigenvalue weighted by molar-refractivity contribution is 7.99. The lowest BCUT2D eigenvalue weighted by atomic mass is 10.0. The SMILES string of the molecule is CC(C)Sc1cccc(C(=O)Nc2ccc(Cl)cc2C(=O)c2ccccc2)c1. The van der Waals surface area contributed by atoms with Gasteiger partial charge in [0.25, 0.3) is 5.91 Å². The van der Waals surface area contributed by atoms with Crippen LogP contribution in [0.3, 0.4) is 0 Å². The lowest BCUT2D eigenvalue weighted by Gasteiger charge is -2.12. The van der Waals surface area contributed by atoms with Crippen molar-refractivity contribution < 1.29 is 9.59 Å². The Morgan fingerprint density at radius 1 is 0.893 bits per heavy atom. The average molecular weight is 410 g/mol. The van der Waals surface area contributed by atoms with Crippen molar-refractivity contribution in [3.8, 4) is 0 Å². The zero-order valence-corrected chi connectivity index (χ0v) is 17.2. The molecule has 1 N–H and O–H groups in total. The molecule has 3 aromatic rings. The zero-order chi connectivity index (χ0) is 20.1. The second-order valence-electron chi connectivity index (χ2n) is 6.53. The van der Waals surface area contributed by atoms with Crippen LogP contribution in [-0.4, -0.2) is 16.9 Å². The van der Waals surface area contributed by atoms with Gasteiger partial charge in [-0.2, -0.15) is 0 Å². The molecule has 5 heteroatoms. The Balaban J connectivity index is 1.89. The largest absolute Gasteiger partial charge is 0.321 e. The molecule has 0 saturated carbocycles. The molecule has 1 amide bonds. The van der Waals surface area contributed by atoms with Gasteiger partial charge >= 0.3 is 0 Å². The van der Waals surface area contributed by atoms with Gasteiger partial charge in [0.1, 0.15) is 0 Å². The summed E-state index contributed by atoms with van der Waals surface area (Å²) in [5, 5.41) is 3.72. The summed E-state index contributed by atoms with van der Waals surface area (Å²) in [5.74, 6) is -0.460. The van der Waals surface area contributed by atoms with Gasteiger partial charge in [-0.1, -0.05) is 61.8 Å². The van der Waals surface area contributed by atoms with E-state index in [0.29, 0.717) is 32.7 Å². The number of carbonyl (C=O) groups excluding carboxylic acids is 2. The van der Waals surface area contributed by atoms with Gasteiger partial charge in [0.05, 0.1) is 5.69 Å². The molecule has 0 fully saturated rings. The molecular weight excluding hydrogens is 390 g/mol. The number of nitrogens with one attached hydrogen (secondary N) is 1. The lowest BCUT2D eigenvalue weighted by Crippen LogP contribution is -2.15. The molecular formula is C23H20ClNO2S. The Morgan fingerprint density at radius 3 is 2.32 bits per heavy atom. The van der Waals surface area contributed by atoms with E-state index in [1.165, 1.54) is 0 Å². The number of benzene rings is 3. The first-order chi connectivity index (χ1) is 13.4. The summed E-state index contributed by atoms with van der Waals surface area (Å²) in [6.07, 6.45) is 0. The lowest BCUT2D eigenvalue weighted by molar-refractivity contribution is 0.102. The van der Waals surface area contributed by atoms with Gasteiger partial charge in [0, 0.05) is 31.9 Å². The van der Waals surface area contributed by atoms with Crippen molar-refractivity contribution in [1.29, 1.82) is 0 Å². The van der Waals surface area contributed by atoms with Gasteiger partial charge < -0.3 is 5.32 Å². The quantitative estimate of drug-likeness (QED) is 0.382. The Labute approximate surface area is 174 Å². The van der Waals surface area contributed by atoms with Crippen molar-refractivity contribution >= 4 is 40.7 Å². The van der Waals surface area contributed by atoms with E-state index in [-0.39, 0.29) is 11.7 Å². The first-order valence-electron chi connectivity index (χ1n) is 8.91. The fraction of sp³-hybridized carbons (Fsp3) is 0.130. The van der Waals surface area contributed by atoms with Gasteiger partial charge in [-0.3, -0.25) is 9.59 Å². The number of amides is 1. The molecule has 0 spiro atoms. The summed E-state index contributed by atoms with van der Waals surface area (Å²) in [6, 6.07) is 21.3. The number of carbonyl (C=O) groups is 2. The maximum absolute atomic E-state index is 12.9. The predicted octanol–water partition coefficient (Wildman–Crippen LogP) is 6.32. The number of anilines is 1. The highest BCUT2D eigenvalue weighted by atomic mass is 35.5. The van der Waals surface area contributed by atoms with Gasteiger partial charge in [-0.05, 0) is 36.4 Å². The maximum Gasteiger partial charge on any atom is 0.255 e. The summed E-state index contributed by atoms with van der Waals surface area (Å²) in [6.45, 7) is 4.21. The molecule has 142 valence electrons. The minimum atomic E-state index is -0.268. The predicted molar refractivity (Wildman–Crippen MR) is 117 cm³/mol. The molecule has 28 heavy (non-hydrogen) atoms. The van der Waals surface area contributed by atoms with Crippen LogP contribution in [0.1, 0.15) is 40.1 Å². The van der Waals surface area contributed by atoms with Crippen LogP contribution in [-0.2, 0) is 0 Å². The van der Waals surface area contributed by atoms with Crippen molar-refractivity contribution in [3.63, 3.8) is 0 Å². The van der Waals surface area contributed by atoms with Crippen LogP contribution in [0.25, 0.3) is 0 Å². The smallest absolute Gasteiger partial charge is 0.255 e. The van der Waals surface area contributed by atoms with Crippen molar-refractivity contribution in [1.82, 2.24) is 0 Å². The summed E-state index contributed by atoms with van der Waals surface area (Å²) in [5.41, 5.74) is 1.87. The van der Waals surface area contributed by atoms with Crippen molar-refractivity contribution in [3.05, 3.63) is 94.5 Å². The number of hydrogen-bond acceptors (Lipinski definition) is 3. The molecule has 0 radical (unpaired) electrons. The highest BCUT2D eigenvalue weighted by Gasteiger charge is 2.17. The molecule has 0 heterocycles. The second-order valence-corrected chi connectivity index (χ2v) is 8.62. The second kappa shape index (κ2) is 9.09. The van der Waals surface area contributed by atoms with E-state index in [9.17, 15) is 9.59 Å². The van der Waals surface area contributed by atoms with E-state index < -0.39 is 0 Å². The molecule has 0 atom stereocenters. The molecule has 0 unspecified atom stereocenters. The van der Waals surface area contributed by atoms with Gasteiger partial charge in [0.2, 0.25) is 0 Å². The summed E-state index contributed by atoms with van der Waals surface area (Å²) < 4.78 is 0.